The van der Waals surface area contributed by atoms with E-state index in [1.165, 1.54) is 11.1 Å². The van der Waals surface area contributed by atoms with Gasteiger partial charge in [-0.3, -0.25) is 0 Å². The van der Waals surface area contributed by atoms with Crippen molar-refractivity contribution >= 4 is 87.5 Å². The Morgan fingerprint density at radius 3 is 2.17 bits per heavy atom. The highest BCUT2D eigenvalue weighted by Gasteiger charge is 2.45. The van der Waals surface area contributed by atoms with Crippen LogP contribution in [-0.2, 0) is 0 Å². The molecule has 1 heterocycles. The van der Waals surface area contributed by atoms with E-state index in [-0.39, 0.29) is 5.84 Å². The Kier molecular flexibility index (Phi) is 5.99. The molecule has 1 aromatic rings. The molecule has 10 heteroatoms. The van der Waals surface area contributed by atoms with Crippen LogP contribution in [0.4, 0.5) is 0 Å². The predicted octanol–water partition coefficient (Wildman–Crippen LogP) is 5.35. The largest absolute Gasteiger partial charge is 0.479 e. The average molecular weight is 436 g/mol. The van der Waals surface area contributed by atoms with Gasteiger partial charge in [0.2, 0.25) is 7.59 Å². The van der Waals surface area contributed by atoms with E-state index in [0.717, 1.165) is 5.56 Å². The van der Waals surface area contributed by atoms with Gasteiger partial charge in [-0.25, -0.2) is 4.99 Å². The van der Waals surface area contributed by atoms with E-state index in [0.29, 0.717) is 0 Å². The summed E-state index contributed by atoms with van der Waals surface area (Å²) in [6.07, 6.45) is 2.06. The molecule has 4 nitrogen and oxygen atoms in total. The number of aliphatic hydroxyl groups excluding tert-OH is 1. The van der Waals surface area contributed by atoms with Crippen LogP contribution in [0.25, 0.3) is 6.08 Å². The summed E-state index contributed by atoms with van der Waals surface area (Å²) >= 11 is 35.5. The van der Waals surface area contributed by atoms with Crippen molar-refractivity contribution in [2.24, 2.45) is 9.98 Å². The fourth-order valence-corrected chi connectivity index (χ4v) is 2.67. The number of alkyl halides is 6. The number of aliphatic imine (C=N–C) groups is 2. The summed E-state index contributed by atoms with van der Waals surface area (Å²) in [6.45, 7) is 0. The number of aliphatic hydroxyl groups is 1. The second-order valence-corrected chi connectivity index (χ2v) is 9.06. The van der Waals surface area contributed by atoms with Gasteiger partial charge in [0, 0.05) is 6.20 Å². The van der Waals surface area contributed by atoms with Crippen molar-refractivity contribution in [1.29, 1.82) is 0 Å². The minimum atomic E-state index is -1.96. The Morgan fingerprint density at radius 2 is 1.65 bits per heavy atom. The molecule has 124 valence electrons. The zero-order chi connectivity index (χ0) is 17.3. The monoisotopic (exact) mass is 433 g/mol. The lowest BCUT2D eigenvalue weighted by Gasteiger charge is -2.36. The first-order chi connectivity index (χ1) is 10.6. The summed E-state index contributed by atoms with van der Waals surface area (Å²) < 4.78 is -3.86. The lowest BCUT2D eigenvalue weighted by molar-refractivity contribution is 0.387. The van der Waals surface area contributed by atoms with E-state index in [4.69, 9.17) is 69.6 Å². The van der Waals surface area contributed by atoms with Crippen molar-refractivity contribution < 1.29 is 5.11 Å². The normalized spacial score (nSPS) is 19.7. The van der Waals surface area contributed by atoms with Gasteiger partial charge >= 0.3 is 6.02 Å². The lowest BCUT2D eigenvalue weighted by atomic mass is 10.2. The first-order valence-corrected chi connectivity index (χ1v) is 8.37. The van der Waals surface area contributed by atoms with Gasteiger partial charge < -0.3 is 10.0 Å². The molecule has 0 spiro atoms. The second-order valence-electron chi connectivity index (χ2n) is 4.41. The van der Waals surface area contributed by atoms with E-state index in [1.807, 2.05) is 30.3 Å². The highest BCUT2D eigenvalue weighted by Crippen LogP contribution is 2.40. The third-order valence-electron chi connectivity index (χ3n) is 2.73. The highest BCUT2D eigenvalue weighted by atomic mass is 35.6. The third-order valence-corrected chi connectivity index (χ3v) is 3.82. The maximum absolute atomic E-state index is 9.64. The molecule has 1 unspecified atom stereocenters. The van der Waals surface area contributed by atoms with Crippen molar-refractivity contribution in [3.8, 4) is 0 Å². The highest BCUT2D eigenvalue weighted by molar-refractivity contribution is 6.77. The third kappa shape index (κ3) is 5.05. The van der Waals surface area contributed by atoms with Gasteiger partial charge in [0.1, 0.15) is 0 Å². The predicted molar refractivity (Wildman–Crippen MR) is 99.2 cm³/mol. The fourth-order valence-electron chi connectivity index (χ4n) is 1.79. The second kappa shape index (κ2) is 7.26. The summed E-state index contributed by atoms with van der Waals surface area (Å²) in [5.74, 6) is -0.140. The molecule has 1 aromatic carbocycles. The van der Waals surface area contributed by atoms with Gasteiger partial charge in [0.15, 0.2) is 12.0 Å². The van der Waals surface area contributed by atoms with Crippen molar-refractivity contribution in [2.45, 2.75) is 13.8 Å². The molecule has 0 saturated carbocycles. The van der Waals surface area contributed by atoms with Gasteiger partial charge in [-0.15, -0.1) is 0 Å². The van der Waals surface area contributed by atoms with Crippen LogP contribution < -0.4 is 0 Å². The summed E-state index contributed by atoms with van der Waals surface area (Å²) in [5, 5.41) is 9.64. The SMILES string of the molecule is OC1=NC(C(Cl)(Cl)Cl)N(C=Cc2ccccc2)C(C(Cl)(Cl)Cl)=N1. The minimum Gasteiger partial charge on any atom is -0.479 e. The van der Waals surface area contributed by atoms with E-state index in [1.54, 1.807) is 6.08 Å². The molecule has 0 aliphatic carbocycles. The first-order valence-electron chi connectivity index (χ1n) is 6.10. The van der Waals surface area contributed by atoms with E-state index >= 15 is 0 Å². The minimum absolute atomic E-state index is 0.140. The number of hydrogen-bond donors (Lipinski definition) is 1. The zero-order valence-corrected chi connectivity index (χ0v) is 15.7. The number of rotatable bonds is 2. The summed E-state index contributed by atoms with van der Waals surface area (Å²) in [6, 6.07) is 8.66. The number of benzene rings is 1. The van der Waals surface area contributed by atoms with Crippen molar-refractivity contribution in [3.05, 3.63) is 42.1 Å². The molecule has 0 radical (unpaired) electrons. The van der Waals surface area contributed by atoms with Crippen LogP contribution in [0.15, 0.2) is 46.5 Å². The Bertz CT molecular complexity index is 648. The molecule has 1 N–H and O–H groups in total. The van der Waals surface area contributed by atoms with Crippen molar-refractivity contribution in [2.75, 3.05) is 0 Å². The van der Waals surface area contributed by atoms with E-state index in [2.05, 4.69) is 9.98 Å². The lowest BCUT2D eigenvalue weighted by Crippen LogP contribution is -2.50. The standard InChI is InChI=1S/C13H9Cl6N3O/c14-12(15,16)9-20-11(23)21-10(13(17,18)19)22(9)7-6-8-4-2-1-3-5-8/h1-7,9H,(H,20,23). The Labute approximate surface area is 162 Å². The molecule has 0 saturated heterocycles. The van der Waals surface area contributed by atoms with Crippen LogP contribution in [0.1, 0.15) is 5.56 Å². The molecule has 2 rings (SSSR count). The quantitative estimate of drug-likeness (QED) is 0.636. The number of nitrogens with zero attached hydrogens (tertiary/aromatic N) is 3. The average Bonchev–Trinajstić information content (AvgIpc) is 2.44. The van der Waals surface area contributed by atoms with Crippen LogP contribution >= 0.6 is 69.6 Å². The summed E-state index contributed by atoms with van der Waals surface area (Å²) in [5.41, 5.74) is 0.859. The number of halogens is 6. The van der Waals surface area contributed by atoms with Crippen LogP contribution in [0.2, 0.25) is 0 Å². The molecule has 1 aliphatic heterocycles. The van der Waals surface area contributed by atoms with E-state index < -0.39 is 19.8 Å². The van der Waals surface area contributed by atoms with Gasteiger partial charge in [-0.1, -0.05) is 99.9 Å². The van der Waals surface area contributed by atoms with Crippen LogP contribution in [0.5, 0.6) is 0 Å². The van der Waals surface area contributed by atoms with E-state index in [9.17, 15) is 5.11 Å². The number of amidine groups is 2. The molecule has 23 heavy (non-hydrogen) atoms. The van der Waals surface area contributed by atoms with Gasteiger partial charge in [-0.05, 0) is 11.6 Å². The van der Waals surface area contributed by atoms with Crippen LogP contribution in [0.3, 0.4) is 0 Å². The topological polar surface area (TPSA) is 48.2 Å². The van der Waals surface area contributed by atoms with Crippen molar-refractivity contribution in [3.63, 3.8) is 0 Å². The molecule has 1 aliphatic rings. The molecule has 0 amide bonds. The summed E-state index contributed by atoms with van der Waals surface area (Å²) in [7, 11) is 0. The molecular weight excluding hydrogens is 427 g/mol. The molecule has 0 fully saturated rings. The Balaban J connectivity index is 2.44. The Hall–Kier alpha value is -0.360. The fraction of sp³-hybridized carbons (Fsp3) is 0.231. The summed E-state index contributed by atoms with van der Waals surface area (Å²) in [4.78, 5) is 8.82. The maximum Gasteiger partial charge on any atom is 0.313 e. The Morgan fingerprint density at radius 1 is 1.04 bits per heavy atom. The van der Waals surface area contributed by atoms with Gasteiger partial charge in [0.25, 0.3) is 0 Å². The van der Waals surface area contributed by atoms with Gasteiger partial charge in [-0.2, -0.15) is 4.99 Å². The first kappa shape index (κ1) is 19.0. The maximum atomic E-state index is 9.64. The van der Waals surface area contributed by atoms with Crippen LogP contribution in [-0.4, -0.2) is 35.6 Å². The van der Waals surface area contributed by atoms with Crippen LogP contribution in [0, 0.1) is 0 Å². The molecule has 1 atom stereocenters. The molecule has 0 bridgehead atoms. The zero-order valence-electron chi connectivity index (χ0n) is 11.2. The molecular formula is C13H9Cl6N3O. The van der Waals surface area contributed by atoms with Crippen molar-refractivity contribution in [1.82, 2.24) is 4.90 Å². The smallest absolute Gasteiger partial charge is 0.313 e. The number of hydrogen-bond acceptors (Lipinski definition) is 3. The molecule has 0 aromatic heterocycles. The van der Waals surface area contributed by atoms with Gasteiger partial charge in [0.05, 0.1) is 0 Å².